The fourth-order valence-corrected chi connectivity index (χ4v) is 1.46. The first-order chi connectivity index (χ1) is 8.40. The molecule has 8 heteroatoms. The maximum Gasteiger partial charge on any atom is 0.335 e. The summed E-state index contributed by atoms with van der Waals surface area (Å²) in [5, 5.41) is 38.3. The molecule has 0 fully saturated rings. The van der Waals surface area contributed by atoms with Gasteiger partial charge >= 0.3 is 5.97 Å². The molecule has 1 aromatic carbocycles. The van der Waals surface area contributed by atoms with E-state index < -0.39 is 28.8 Å². The van der Waals surface area contributed by atoms with Gasteiger partial charge in [0, 0.05) is 6.07 Å². The van der Waals surface area contributed by atoms with E-state index in [1.807, 2.05) is 0 Å². The Labute approximate surface area is 101 Å². The van der Waals surface area contributed by atoms with E-state index in [-0.39, 0.29) is 11.3 Å². The number of ether oxygens (including phenoxy) is 1. The number of carboxylic acids is 1. The second-order valence-corrected chi connectivity index (χ2v) is 3.38. The first-order valence-corrected chi connectivity index (χ1v) is 4.80. The summed E-state index contributed by atoms with van der Waals surface area (Å²) >= 11 is 0. The Balaban J connectivity index is 3.35. The van der Waals surface area contributed by atoms with Crippen molar-refractivity contribution in [3.05, 3.63) is 33.9 Å². The second-order valence-electron chi connectivity index (χ2n) is 3.38. The van der Waals surface area contributed by atoms with Crippen LogP contribution in [0, 0.1) is 10.1 Å². The van der Waals surface area contributed by atoms with E-state index in [0.717, 1.165) is 6.07 Å². The highest BCUT2D eigenvalue weighted by Crippen LogP contribution is 2.35. The van der Waals surface area contributed by atoms with Gasteiger partial charge in [0.15, 0.2) is 6.10 Å². The lowest BCUT2D eigenvalue weighted by Crippen LogP contribution is -2.28. The highest BCUT2D eigenvalue weighted by molar-refractivity contribution is 5.74. The number of methoxy groups -OCH3 is 1. The average Bonchev–Trinajstić information content (AvgIpc) is 2.35. The van der Waals surface area contributed by atoms with Gasteiger partial charge in [-0.3, -0.25) is 10.1 Å². The summed E-state index contributed by atoms with van der Waals surface area (Å²) in [4.78, 5) is 20.6. The topological polar surface area (TPSA) is 130 Å². The van der Waals surface area contributed by atoms with Gasteiger partial charge in [0.2, 0.25) is 0 Å². The van der Waals surface area contributed by atoms with Crippen LogP contribution in [0.15, 0.2) is 18.2 Å². The van der Waals surface area contributed by atoms with Crippen LogP contribution in [-0.4, -0.2) is 39.4 Å². The molecule has 18 heavy (non-hydrogen) atoms. The van der Waals surface area contributed by atoms with Gasteiger partial charge in [-0.2, -0.15) is 0 Å². The minimum absolute atomic E-state index is 0.0722. The van der Waals surface area contributed by atoms with Gasteiger partial charge in [0.05, 0.1) is 12.0 Å². The molecule has 8 nitrogen and oxygen atoms in total. The first-order valence-electron chi connectivity index (χ1n) is 4.80. The van der Waals surface area contributed by atoms with Crippen molar-refractivity contribution < 1.29 is 29.8 Å². The Morgan fingerprint density at radius 1 is 1.44 bits per heavy atom. The number of benzene rings is 1. The van der Waals surface area contributed by atoms with Gasteiger partial charge in [-0.05, 0) is 6.07 Å². The molecule has 3 N–H and O–H groups in total. The number of nitro benzene ring substituents is 1. The zero-order chi connectivity index (χ0) is 13.9. The van der Waals surface area contributed by atoms with Gasteiger partial charge in [0.1, 0.15) is 17.4 Å². The van der Waals surface area contributed by atoms with Crippen molar-refractivity contribution in [2.45, 2.75) is 12.2 Å². The molecule has 0 saturated heterocycles. The number of hydrogen-bond donors (Lipinski definition) is 3. The summed E-state index contributed by atoms with van der Waals surface area (Å²) in [6.07, 6.45) is -4.14. The van der Waals surface area contributed by atoms with Crippen molar-refractivity contribution in [2.75, 3.05) is 7.11 Å². The lowest BCUT2D eigenvalue weighted by Gasteiger charge is -2.17. The maximum atomic E-state index is 10.8. The summed E-state index contributed by atoms with van der Waals surface area (Å²) in [6, 6.07) is 3.72. The van der Waals surface area contributed by atoms with Crippen LogP contribution < -0.4 is 4.74 Å². The molecule has 1 aromatic rings. The molecule has 0 aromatic heterocycles. The van der Waals surface area contributed by atoms with Crippen LogP contribution in [0.5, 0.6) is 5.75 Å². The van der Waals surface area contributed by atoms with E-state index in [1.165, 1.54) is 19.2 Å². The largest absolute Gasteiger partial charge is 0.496 e. The van der Waals surface area contributed by atoms with Crippen molar-refractivity contribution in [1.29, 1.82) is 0 Å². The predicted octanol–water partition coefficient (Wildman–Crippen LogP) is 0.0823. The molecule has 0 bridgehead atoms. The fraction of sp³-hybridized carbons (Fsp3) is 0.300. The highest BCUT2D eigenvalue weighted by atomic mass is 16.6. The number of aliphatic carboxylic acids is 1. The highest BCUT2D eigenvalue weighted by Gasteiger charge is 2.33. The summed E-state index contributed by atoms with van der Waals surface area (Å²) in [5.74, 6) is -1.76. The van der Waals surface area contributed by atoms with Crippen molar-refractivity contribution in [2.24, 2.45) is 0 Å². The molecule has 98 valence electrons. The summed E-state index contributed by atoms with van der Waals surface area (Å²) in [7, 11) is 1.21. The predicted molar refractivity (Wildman–Crippen MR) is 58.3 cm³/mol. The van der Waals surface area contributed by atoms with Crippen LogP contribution >= 0.6 is 0 Å². The Morgan fingerprint density at radius 2 is 2.06 bits per heavy atom. The van der Waals surface area contributed by atoms with Crippen LogP contribution in [0.25, 0.3) is 0 Å². The number of aliphatic hydroxyl groups excluding tert-OH is 2. The van der Waals surface area contributed by atoms with Crippen molar-refractivity contribution >= 4 is 11.7 Å². The van der Waals surface area contributed by atoms with Crippen molar-refractivity contribution in [1.82, 2.24) is 0 Å². The first kappa shape index (κ1) is 13.9. The van der Waals surface area contributed by atoms with E-state index in [2.05, 4.69) is 0 Å². The molecule has 0 aliphatic carbocycles. The molecular weight excluding hydrogens is 246 g/mol. The molecule has 0 amide bonds. The Hall–Kier alpha value is -2.19. The zero-order valence-corrected chi connectivity index (χ0v) is 9.31. The van der Waals surface area contributed by atoms with Crippen molar-refractivity contribution in [3.63, 3.8) is 0 Å². The molecule has 0 heterocycles. The van der Waals surface area contributed by atoms with E-state index in [4.69, 9.17) is 9.84 Å². The normalized spacial score (nSPS) is 13.7. The Kier molecular flexibility index (Phi) is 4.18. The van der Waals surface area contributed by atoms with Gasteiger partial charge in [-0.25, -0.2) is 4.79 Å². The molecule has 0 radical (unpaired) electrons. The Morgan fingerprint density at radius 3 is 2.50 bits per heavy atom. The smallest absolute Gasteiger partial charge is 0.335 e. The standard InChI is InChI=1S/C10H11NO7/c1-18-6-4-2-3-5(11(16)17)7(6)8(12)9(13)10(14)15/h2-4,8-9,12-13H,1H3,(H,14,15). The maximum absolute atomic E-state index is 10.8. The van der Waals surface area contributed by atoms with Crippen LogP contribution in [0.2, 0.25) is 0 Å². The lowest BCUT2D eigenvalue weighted by atomic mass is 10.0. The molecule has 0 aliphatic rings. The molecule has 0 spiro atoms. The number of carboxylic acid groups (broad SMARTS) is 1. The summed E-state index contributed by atoms with van der Waals surface area (Å²) in [6.45, 7) is 0. The van der Waals surface area contributed by atoms with Crippen LogP contribution in [0.4, 0.5) is 5.69 Å². The average molecular weight is 257 g/mol. The number of aliphatic hydroxyl groups is 2. The second kappa shape index (κ2) is 5.43. The lowest BCUT2D eigenvalue weighted by molar-refractivity contribution is -0.386. The summed E-state index contributed by atoms with van der Waals surface area (Å²) < 4.78 is 4.82. The molecular formula is C10H11NO7. The Bertz CT molecular complexity index is 473. The number of rotatable bonds is 5. The summed E-state index contributed by atoms with van der Waals surface area (Å²) in [5.41, 5.74) is -0.901. The molecule has 1 rings (SSSR count). The number of carbonyl (C=O) groups is 1. The van der Waals surface area contributed by atoms with E-state index >= 15 is 0 Å². The van der Waals surface area contributed by atoms with E-state index in [1.54, 1.807) is 0 Å². The van der Waals surface area contributed by atoms with Crippen LogP contribution in [0.1, 0.15) is 11.7 Å². The SMILES string of the molecule is COc1cccc([N+](=O)[O-])c1C(O)C(O)C(=O)O. The van der Waals surface area contributed by atoms with E-state index in [0.29, 0.717) is 0 Å². The molecule has 2 atom stereocenters. The van der Waals surface area contributed by atoms with Crippen LogP contribution in [0.3, 0.4) is 0 Å². The third kappa shape index (κ3) is 2.55. The van der Waals surface area contributed by atoms with Gasteiger partial charge < -0.3 is 20.1 Å². The van der Waals surface area contributed by atoms with Crippen molar-refractivity contribution in [3.8, 4) is 5.75 Å². The third-order valence-corrected chi connectivity index (χ3v) is 2.31. The van der Waals surface area contributed by atoms with E-state index in [9.17, 15) is 25.1 Å². The number of nitrogens with zero attached hydrogens (tertiary/aromatic N) is 1. The third-order valence-electron chi connectivity index (χ3n) is 2.31. The molecule has 2 unspecified atom stereocenters. The minimum atomic E-state index is -2.18. The zero-order valence-electron chi connectivity index (χ0n) is 9.31. The van der Waals surface area contributed by atoms with Gasteiger partial charge in [-0.1, -0.05) is 6.07 Å². The number of nitro groups is 1. The van der Waals surface area contributed by atoms with Gasteiger partial charge in [-0.15, -0.1) is 0 Å². The molecule has 0 aliphatic heterocycles. The monoisotopic (exact) mass is 257 g/mol. The minimum Gasteiger partial charge on any atom is -0.496 e. The quantitative estimate of drug-likeness (QED) is 0.503. The molecule has 0 saturated carbocycles. The fourth-order valence-electron chi connectivity index (χ4n) is 1.46. The number of hydrogen-bond acceptors (Lipinski definition) is 6. The van der Waals surface area contributed by atoms with Gasteiger partial charge in [0.25, 0.3) is 5.69 Å². The van der Waals surface area contributed by atoms with Crippen LogP contribution in [-0.2, 0) is 4.79 Å².